The minimum absolute atomic E-state index is 0.0437. The van der Waals surface area contributed by atoms with Crippen LogP contribution < -0.4 is 0 Å². The van der Waals surface area contributed by atoms with Gasteiger partial charge < -0.3 is 29.2 Å². The lowest BCUT2D eigenvalue weighted by Gasteiger charge is -2.70. The maximum atomic E-state index is 12.4. The van der Waals surface area contributed by atoms with Crippen LogP contribution in [-0.2, 0) is 33.3 Å². The van der Waals surface area contributed by atoms with Gasteiger partial charge in [-0.3, -0.25) is 9.59 Å². The summed E-state index contributed by atoms with van der Waals surface area (Å²) in [5.41, 5.74) is -2.09. The maximum absolute atomic E-state index is 12.4. The van der Waals surface area contributed by atoms with Crippen LogP contribution in [0.2, 0.25) is 0 Å². The van der Waals surface area contributed by atoms with Crippen LogP contribution in [0.25, 0.3) is 0 Å². The lowest BCUT2D eigenvalue weighted by atomic mass is 9.35. The number of cyclic esters (lactones) is 1. The molecule has 2 aliphatic heterocycles. The molecule has 6 aliphatic rings. The molecule has 5 fully saturated rings. The highest BCUT2D eigenvalue weighted by atomic mass is 16.6. The van der Waals surface area contributed by atoms with E-state index in [-0.39, 0.29) is 35.8 Å². The fourth-order valence-electron chi connectivity index (χ4n) is 11.0. The maximum Gasteiger partial charge on any atom is 0.333 e. The number of hydrogen-bond donors (Lipinski definition) is 2. The van der Waals surface area contributed by atoms with E-state index in [1.807, 2.05) is 0 Å². The Morgan fingerprint density at radius 2 is 1.59 bits per heavy atom. The van der Waals surface area contributed by atoms with Gasteiger partial charge in [-0.2, -0.15) is 0 Å². The highest BCUT2D eigenvalue weighted by Gasteiger charge is 2.87. The number of esters is 3. The van der Waals surface area contributed by atoms with Crippen molar-refractivity contribution in [2.75, 3.05) is 0 Å². The molecule has 216 valence electrons. The monoisotopic (exact) mass is 546 g/mol. The minimum atomic E-state index is -1.25. The van der Waals surface area contributed by atoms with Crippen molar-refractivity contribution < 1.29 is 43.5 Å². The molecule has 2 heterocycles. The number of carbonyl (C=O) groups excluding carboxylic acids is 3. The van der Waals surface area contributed by atoms with E-state index >= 15 is 0 Å². The van der Waals surface area contributed by atoms with Crippen molar-refractivity contribution in [2.45, 2.75) is 117 Å². The number of hydrogen-bond acceptors (Lipinski definition) is 9. The first kappa shape index (κ1) is 27.2. The van der Waals surface area contributed by atoms with Crippen molar-refractivity contribution >= 4 is 17.9 Å². The molecule has 1 spiro atoms. The van der Waals surface area contributed by atoms with Gasteiger partial charge in [-0.15, -0.1) is 0 Å². The van der Waals surface area contributed by atoms with Crippen LogP contribution in [0, 0.1) is 39.4 Å². The Bertz CT molecular complexity index is 1160. The summed E-state index contributed by atoms with van der Waals surface area (Å²) in [7, 11) is 0. The third-order valence-electron chi connectivity index (χ3n) is 12.6. The molecule has 0 amide bonds. The first-order valence-electron chi connectivity index (χ1n) is 14.4. The van der Waals surface area contributed by atoms with E-state index in [9.17, 15) is 24.6 Å². The molecule has 0 aromatic heterocycles. The van der Waals surface area contributed by atoms with Gasteiger partial charge in [0.15, 0.2) is 0 Å². The molecular formula is C30H42O9. The van der Waals surface area contributed by atoms with Gasteiger partial charge >= 0.3 is 17.9 Å². The third-order valence-corrected chi connectivity index (χ3v) is 12.6. The van der Waals surface area contributed by atoms with Gasteiger partial charge in [-0.25, -0.2) is 4.79 Å². The third kappa shape index (κ3) is 3.15. The summed E-state index contributed by atoms with van der Waals surface area (Å²) < 4.78 is 23.6. The molecule has 1 saturated heterocycles. The Morgan fingerprint density at radius 1 is 0.949 bits per heavy atom. The van der Waals surface area contributed by atoms with Gasteiger partial charge in [0.1, 0.15) is 17.8 Å². The first-order valence-corrected chi connectivity index (χ1v) is 14.4. The van der Waals surface area contributed by atoms with Crippen LogP contribution in [-0.4, -0.2) is 64.4 Å². The Hall–Kier alpha value is -1.97. The quantitative estimate of drug-likeness (QED) is 0.311. The van der Waals surface area contributed by atoms with Gasteiger partial charge in [0, 0.05) is 53.6 Å². The molecule has 0 bridgehead atoms. The SMILES string of the molecule is CC(=O)O[C@H]1C[C@@H](OC(C)=O)C(C)(C)[C@H]2C[C@@H](O)[C@]3(C)[C@H](CC[C@@]4(C)[C@H](C5=CC(=O)O[C@@H]5O)C[C@H]5O[C@@]534)[C@@]12C. The van der Waals surface area contributed by atoms with Crippen LogP contribution in [0.3, 0.4) is 0 Å². The summed E-state index contributed by atoms with van der Waals surface area (Å²) >= 11 is 0. The molecule has 2 N–H and O–H groups in total. The predicted octanol–water partition coefficient (Wildman–Crippen LogP) is 3.05. The number of ether oxygens (including phenoxy) is 4. The van der Waals surface area contributed by atoms with Crippen molar-refractivity contribution in [1.82, 2.24) is 0 Å². The molecule has 9 nitrogen and oxygen atoms in total. The highest BCUT2D eigenvalue weighted by Crippen LogP contribution is 2.82. The van der Waals surface area contributed by atoms with E-state index in [4.69, 9.17) is 18.9 Å². The van der Waals surface area contributed by atoms with Crippen LogP contribution >= 0.6 is 0 Å². The standard InChI is InChI=1S/C30H42O9/c1-14(31)36-21-13-22(37-15(2)32)28(6)18-8-9-27(5)17(16-10-24(34)38-25(16)35)11-23-30(27,39-23)29(18,7)20(33)12-19(28)26(21,3)4/h10,17-23,25,33,35H,8-9,11-13H2,1-7H3/t17-,18+,19+,20+,21+,22-,23+,25-,27-,28+,29-,30+/m0/s1. The van der Waals surface area contributed by atoms with Crippen molar-refractivity contribution in [1.29, 1.82) is 0 Å². The van der Waals surface area contributed by atoms with E-state index in [0.717, 1.165) is 12.8 Å². The van der Waals surface area contributed by atoms with Crippen molar-refractivity contribution in [3.05, 3.63) is 11.6 Å². The smallest absolute Gasteiger partial charge is 0.333 e. The topological polar surface area (TPSA) is 132 Å². The lowest BCUT2D eigenvalue weighted by Crippen LogP contribution is -2.73. The zero-order valence-corrected chi connectivity index (χ0v) is 24.0. The van der Waals surface area contributed by atoms with Gasteiger partial charge in [-0.05, 0) is 43.4 Å². The number of fused-ring (bicyclic) bond motifs is 3. The minimum Gasteiger partial charge on any atom is -0.462 e. The van der Waals surface area contributed by atoms with Crippen LogP contribution in [0.1, 0.15) is 80.6 Å². The average Bonchev–Trinajstić information content (AvgIpc) is 3.37. The van der Waals surface area contributed by atoms with Crippen LogP contribution in [0.5, 0.6) is 0 Å². The van der Waals surface area contributed by atoms with Crippen LogP contribution in [0.15, 0.2) is 11.6 Å². The van der Waals surface area contributed by atoms with E-state index in [2.05, 4.69) is 34.6 Å². The highest BCUT2D eigenvalue weighted by molar-refractivity contribution is 5.85. The zero-order valence-electron chi connectivity index (χ0n) is 24.0. The molecule has 0 aromatic rings. The van der Waals surface area contributed by atoms with Crippen LogP contribution in [0.4, 0.5) is 0 Å². The van der Waals surface area contributed by atoms with Gasteiger partial charge in [-0.1, -0.05) is 34.6 Å². The Labute approximate surface area is 229 Å². The van der Waals surface area contributed by atoms with Gasteiger partial charge in [0.25, 0.3) is 0 Å². The molecule has 39 heavy (non-hydrogen) atoms. The second kappa shape index (κ2) is 8.07. The van der Waals surface area contributed by atoms with Crippen molar-refractivity contribution in [2.24, 2.45) is 39.4 Å². The van der Waals surface area contributed by atoms with E-state index in [1.54, 1.807) is 0 Å². The Balaban J connectivity index is 1.44. The molecule has 6 rings (SSSR count). The van der Waals surface area contributed by atoms with Gasteiger partial charge in [0.2, 0.25) is 6.29 Å². The average molecular weight is 547 g/mol. The Morgan fingerprint density at radius 3 is 2.18 bits per heavy atom. The molecule has 0 aromatic carbocycles. The summed E-state index contributed by atoms with van der Waals surface area (Å²) in [6.07, 6.45) is 1.45. The molecule has 4 aliphatic carbocycles. The number of rotatable bonds is 3. The summed E-state index contributed by atoms with van der Waals surface area (Å²) in [6, 6.07) is 0. The molecule has 9 heteroatoms. The summed E-state index contributed by atoms with van der Waals surface area (Å²) in [5, 5.41) is 22.7. The molecule has 0 unspecified atom stereocenters. The Kier molecular flexibility index (Phi) is 5.63. The molecule has 0 radical (unpaired) electrons. The number of aliphatic hydroxyl groups is 2. The zero-order chi connectivity index (χ0) is 28.5. The summed E-state index contributed by atoms with van der Waals surface area (Å²) in [5.74, 6) is -1.50. The summed E-state index contributed by atoms with van der Waals surface area (Å²) in [6.45, 7) is 13.5. The lowest BCUT2D eigenvalue weighted by molar-refractivity contribution is -0.288. The number of epoxide rings is 1. The normalized spacial score (nSPS) is 52.8. The largest absolute Gasteiger partial charge is 0.462 e. The second-order valence-corrected chi connectivity index (χ2v) is 14.3. The summed E-state index contributed by atoms with van der Waals surface area (Å²) in [4.78, 5) is 36.5. The van der Waals surface area contributed by atoms with Crippen molar-refractivity contribution in [3.63, 3.8) is 0 Å². The first-order chi connectivity index (χ1) is 18.0. The molecule has 4 saturated carbocycles. The van der Waals surface area contributed by atoms with E-state index in [0.29, 0.717) is 24.8 Å². The van der Waals surface area contributed by atoms with Crippen molar-refractivity contribution in [3.8, 4) is 0 Å². The second-order valence-electron chi connectivity index (χ2n) is 14.3. The van der Waals surface area contributed by atoms with E-state index < -0.39 is 57.8 Å². The predicted molar refractivity (Wildman–Crippen MR) is 137 cm³/mol. The molecule has 12 atom stereocenters. The fraction of sp³-hybridized carbons (Fsp3) is 0.833. The number of aliphatic hydroxyl groups excluding tert-OH is 2. The van der Waals surface area contributed by atoms with E-state index in [1.165, 1.54) is 19.9 Å². The number of carbonyl (C=O) groups is 3. The van der Waals surface area contributed by atoms with Gasteiger partial charge in [0.05, 0.1) is 12.2 Å². The fourth-order valence-corrected chi connectivity index (χ4v) is 11.0. The molecular weight excluding hydrogens is 504 g/mol.